The highest BCUT2D eigenvalue weighted by Crippen LogP contribution is 2.38. The molecule has 0 N–H and O–H groups in total. The van der Waals surface area contributed by atoms with Gasteiger partial charge in [0.25, 0.3) is 5.92 Å². The van der Waals surface area contributed by atoms with Gasteiger partial charge in [-0.05, 0) is 37.0 Å². The lowest BCUT2D eigenvalue weighted by atomic mass is 9.95. The summed E-state index contributed by atoms with van der Waals surface area (Å²) in [4.78, 5) is 13.5. The Morgan fingerprint density at radius 1 is 1.45 bits per heavy atom. The molecule has 1 saturated heterocycles. The second-order valence-corrected chi connectivity index (χ2v) is 5.60. The number of alkyl halides is 2. The van der Waals surface area contributed by atoms with Crippen molar-refractivity contribution >= 4 is 5.91 Å². The molecule has 0 unspecified atom stereocenters. The zero-order chi connectivity index (χ0) is 14.9. The molecule has 0 aliphatic carbocycles. The first-order valence-electron chi connectivity index (χ1n) is 6.71. The van der Waals surface area contributed by atoms with Gasteiger partial charge in [-0.2, -0.15) is 0 Å². The summed E-state index contributed by atoms with van der Waals surface area (Å²) in [7, 11) is 0. The van der Waals surface area contributed by atoms with Crippen molar-refractivity contribution in [2.45, 2.75) is 38.7 Å². The zero-order valence-electron chi connectivity index (χ0n) is 11.6. The maximum absolute atomic E-state index is 13.3. The number of hydrogen-bond acceptors (Lipinski definition) is 1. The Morgan fingerprint density at radius 3 is 2.75 bits per heavy atom. The van der Waals surface area contributed by atoms with Crippen LogP contribution in [0.3, 0.4) is 0 Å². The molecule has 1 aromatic rings. The predicted molar refractivity (Wildman–Crippen MR) is 69.9 cm³/mol. The summed E-state index contributed by atoms with van der Waals surface area (Å²) < 4.78 is 39.3. The summed E-state index contributed by atoms with van der Waals surface area (Å²) in [6.07, 6.45) is -0.0618. The highest BCUT2D eigenvalue weighted by molar-refractivity contribution is 5.78. The molecule has 110 valence electrons. The highest BCUT2D eigenvalue weighted by atomic mass is 19.3. The van der Waals surface area contributed by atoms with Crippen molar-refractivity contribution in [3.8, 4) is 0 Å². The first kappa shape index (κ1) is 14.9. The molecule has 0 spiro atoms. The summed E-state index contributed by atoms with van der Waals surface area (Å²) >= 11 is 0. The third-order valence-corrected chi connectivity index (χ3v) is 3.67. The standard InChI is InChI=1S/C15H18F3NO/c1-10-6-7-19(13(20)9-15(2,17)18)14(10)11-4-3-5-12(16)8-11/h3-5,8,10,14H,6-7,9H2,1-2H3/t10-,14-/m0/s1. The zero-order valence-corrected chi connectivity index (χ0v) is 11.6. The second kappa shape index (κ2) is 5.46. The molecule has 0 bridgehead atoms. The van der Waals surface area contributed by atoms with Crippen LogP contribution in [0.5, 0.6) is 0 Å². The van der Waals surface area contributed by atoms with Crippen molar-refractivity contribution < 1.29 is 18.0 Å². The molecule has 2 atom stereocenters. The third-order valence-electron chi connectivity index (χ3n) is 3.67. The molecule has 1 aromatic carbocycles. The summed E-state index contributed by atoms with van der Waals surface area (Å²) in [5, 5.41) is 0. The number of likely N-dealkylation sites (tertiary alicyclic amines) is 1. The number of rotatable bonds is 3. The van der Waals surface area contributed by atoms with Crippen LogP contribution >= 0.6 is 0 Å². The molecule has 0 aromatic heterocycles. The molecule has 20 heavy (non-hydrogen) atoms. The van der Waals surface area contributed by atoms with Crippen molar-refractivity contribution in [3.05, 3.63) is 35.6 Å². The Labute approximate surface area is 116 Å². The largest absolute Gasteiger partial charge is 0.335 e. The van der Waals surface area contributed by atoms with Crippen LogP contribution in [0.25, 0.3) is 0 Å². The van der Waals surface area contributed by atoms with Crippen molar-refractivity contribution in [2.75, 3.05) is 6.54 Å². The highest BCUT2D eigenvalue weighted by Gasteiger charge is 2.38. The molecule has 1 amide bonds. The van der Waals surface area contributed by atoms with Gasteiger partial charge < -0.3 is 4.90 Å². The number of hydrogen-bond donors (Lipinski definition) is 0. The van der Waals surface area contributed by atoms with Crippen molar-refractivity contribution in [3.63, 3.8) is 0 Å². The lowest BCUT2D eigenvalue weighted by Crippen LogP contribution is -2.35. The van der Waals surface area contributed by atoms with Crippen LogP contribution in [0.2, 0.25) is 0 Å². The quantitative estimate of drug-likeness (QED) is 0.827. The number of amides is 1. The van der Waals surface area contributed by atoms with E-state index >= 15 is 0 Å². The maximum atomic E-state index is 13.3. The summed E-state index contributed by atoms with van der Waals surface area (Å²) in [6, 6.07) is 5.69. The van der Waals surface area contributed by atoms with E-state index in [9.17, 15) is 18.0 Å². The Kier molecular flexibility index (Phi) is 4.06. The number of nitrogens with zero attached hydrogens (tertiary/aromatic N) is 1. The van der Waals surface area contributed by atoms with Crippen LogP contribution in [0.1, 0.15) is 38.3 Å². The van der Waals surface area contributed by atoms with Gasteiger partial charge in [0.2, 0.25) is 5.91 Å². The van der Waals surface area contributed by atoms with E-state index in [1.807, 2.05) is 6.92 Å². The van der Waals surface area contributed by atoms with E-state index in [0.29, 0.717) is 12.1 Å². The third kappa shape index (κ3) is 3.32. The number of carbonyl (C=O) groups is 1. The first-order chi connectivity index (χ1) is 9.28. The van der Waals surface area contributed by atoms with Crippen LogP contribution in [0.15, 0.2) is 24.3 Å². The molecular formula is C15H18F3NO. The maximum Gasteiger partial charge on any atom is 0.254 e. The van der Waals surface area contributed by atoms with E-state index in [-0.39, 0.29) is 17.8 Å². The van der Waals surface area contributed by atoms with Gasteiger partial charge in [0.05, 0.1) is 12.5 Å². The Hall–Kier alpha value is -1.52. The van der Waals surface area contributed by atoms with Crippen LogP contribution in [0.4, 0.5) is 13.2 Å². The second-order valence-electron chi connectivity index (χ2n) is 5.60. The lowest BCUT2D eigenvalue weighted by molar-refractivity contribution is -0.139. The van der Waals surface area contributed by atoms with Crippen LogP contribution < -0.4 is 0 Å². The van der Waals surface area contributed by atoms with Crippen LogP contribution in [-0.4, -0.2) is 23.3 Å². The molecular weight excluding hydrogens is 267 g/mol. The van der Waals surface area contributed by atoms with Crippen molar-refractivity contribution in [1.82, 2.24) is 4.90 Å². The Bertz CT molecular complexity index is 498. The molecule has 1 fully saturated rings. The minimum atomic E-state index is -3.02. The molecule has 5 heteroatoms. The van der Waals surface area contributed by atoms with E-state index in [1.54, 1.807) is 12.1 Å². The molecule has 2 nitrogen and oxygen atoms in total. The van der Waals surface area contributed by atoms with E-state index in [2.05, 4.69) is 0 Å². The van der Waals surface area contributed by atoms with E-state index in [0.717, 1.165) is 13.3 Å². The topological polar surface area (TPSA) is 20.3 Å². The van der Waals surface area contributed by atoms with E-state index in [1.165, 1.54) is 17.0 Å². The fourth-order valence-electron chi connectivity index (χ4n) is 2.79. The monoisotopic (exact) mass is 285 g/mol. The normalized spacial score (nSPS) is 23.1. The van der Waals surface area contributed by atoms with E-state index < -0.39 is 18.3 Å². The average molecular weight is 285 g/mol. The minimum Gasteiger partial charge on any atom is -0.335 e. The first-order valence-corrected chi connectivity index (χ1v) is 6.71. The fraction of sp³-hybridized carbons (Fsp3) is 0.533. The summed E-state index contributed by atoms with van der Waals surface area (Å²) in [6.45, 7) is 3.13. The van der Waals surface area contributed by atoms with Gasteiger partial charge in [-0.3, -0.25) is 4.79 Å². The number of carbonyl (C=O) groups excluding carboxylic acids is 1. The van der Waals surface area contributed by atoms with Gasteiger partial charge in [0, 0.05) is 6.54 Å². The van der Waals surface area contributed by atoms with Crippen molar-refractivity contribution in [1.29, 1.82) is 0 Å². The lowest BCUT2D eigenvalue weighted by Gasteiger charge is -2.28. The van der Waals surface area contributed by atoms with Gasteiger partial charge in [0.15, 0.2) is 0 Å². The summed E-state index contributed by atoms with van der Waals surface area (Å²) in [5.74, 6) is -3.84. The smallest absolute Gasteiger partial charge is 0.254 e. The average Bonchev–Trinajstić information content (AvgIpc) is 2.69. The Morgan fingerprint density at radius 2 is 2.15 bits per heavy atom. The van der Waals surface area contributed by atoms with Gasteiger partial charge >= 0.3 is 0 Å². The molecule has 2 rings (SSSR count). The molecule has 1 aliphatic rings. The summed E-state index contributed by atoms with van der Waals surface area (Å²) in [5.41, 5.74) is 0.669. The molecule has 0 saturated carbocycles. The van der Waals surface area contributed by atoms with Gasteiger partial charge in [-0.1, -0.05) is 19.1 Å². The molecule has 1 aliphatic heterocycles. The van der Waals surface area contributed by atoms with E-state index in [4.69, 9.17) is 0 Å². The molecule has 0 radical (unpaired) electrons. The predicted octanol–water partition coefficient (Wildman–Crippen LogP) is 3.78. The van der Waals surface area contributed by atoms with Gasteiger partial charge in [-0.25, -0.2) is 13.2 Å². The SMILES string of the molecule is C[C@H]1CCN(C(=O)CC(C)(F)F)[C@@H]1c1cccc(F)c1. The van der Waals surface area contributed by atoms with Gasteiger partial charge in [0.1, 0.15) is 5.82 Å². The Balaban J connectivity index is 2.23. The minimum absolute atomic E-state index is 0.131. The molecule has 1 heterocycles. The van der Waals surface area contributed by atoms with Crippen molar-refractivity contribution in [2.24, 2.45) is 5.92 Å². The number of benzene rings is 1. The number of halogens is 3. The van der Waals surface area contributed by atoms with Crippen LogP contribution in [0, 0.1) is 11.7 Å². The van der Waals surface area contributed by atoms with Gasteiger partial charge in [-0.15, -0.1) is 0 Å². The fourth-order valence-corrected chi connectivity index (χ4v) is 2.79. The van der Waals surface area contributed by atoms with Crippen LogP contribution in [-0.2, 0) is 4.79 Å².